The van der Waals surface area contributed by atoms with Crippen molar-refractivity contribution < 1.29 is 4.74 Å². The van der Waals surface area contributed by atoms with E-state index in [4.69, 9.17) is 4.74 Å². The third kappa shape index (κ3) is 4.62. The van der Waals surface area contributed by atoms with E-state index in [0.717, 1.165) is 24.5 Å². The van der Waals surface area contributed by atoms with Crippen molar-refractivity contribution in [1.29, 1.82) is 0 Å². The molecule has 0 amide bonds. The summed E-state index contributed by atoms with van der Waals surface area (Å²) in [6.07, 6.45) is 6.14. The number of para-hydroxylation sites is 1. The molecule has 1 aliphatic rings. The summed E-state index contributed by atoms with van der Waals surface area (Å²) >= 11 is 0. The molecule has 0 aliphatic heterocycles. The van der Waals surface area contributed by atoms with Crippen LogP contribution in [0.5, 0.6) is 11.5 Å². The molecule has 1 fully saturated rings. The van der Waals surface area contributed by atoms with Crippen molar-refractivity contribution >= 4 is 0 Å². The van der Waals surface area contributed by atoms with Gasteiger partial charge in [0.05, 0.1) is 0 Å². The van der Waals surface area contributed by atoms with Crippen LogP contribution in [0.2, 0.25) is 0 Å². The molecule has 1 saturated carbocycles. The second kappa shape index (κ2) is 9.02. The Balaban J connectivity index is 1.78. The van der Waals surface area contributed by atoms with Gasteiger partial charge < -0.3 is 15.4 Å². The lowest BCUT2D eigenvalue weighted by Gasteiger charge is -2.31. The third-order valence-electron chi connectivity index (χ3n) is 5.27. The number of likely N-dealkylation sites (N-methyl/N-ethyl adjacent to an activating group) is 2. The van der Waals surface area contributed by atoms with Crippen LogP contribution >= 0.6 is 0 Å². The highest BCUT2D eigenvalue weighted by Gasteiger charge is 2.25. The van der Waals surface area contributed by atoms with Gasteiger partial charge in [0.25, 0.3) is 0 Å². The summed E-state index contributed by atoms with van der Waals surface area (Å²) in [4.78, 5) is 0. The highest BCUT2D eigenvalue weighted by atomic mass is 16.5. The summed E-state index contributed by atoms with van der Waals surface area (Å²) in [6, 6.07) is 17.6. The zero-order valence-electron chi connectivity index (χ0n) is 15.4. The second-order valence-corrected chi connectivity index (χ2v) is 6.92. The van der Waals surface area contributed by atoms with Crippen LogP contribution in [0, 0.1) is 0 Å². The fourth-order valence-electron chi connectivity index (χ4n) is 3.88. The van der Waals surface area contributed by atoms with Gasteiger partial charge >= 0.3 is 0 Å². The van der Waals surface area contributed by atoms with Crippen molar-refractivity contribution in [1.82, 2.24) is 10.6 Å². The lowest BCUT2D eigenvalue weighted by atomic mass is 9.80. The second-order valence-electron chi connectivity index (χ2n) is 6.92. The van der Waals surface area contributed by atoms with E-state index in [2.05, 4.69) is 60.1 Å². The number of ether oxygens (including phenoxy) is 1. The molecule has 2 N–H and O–H groups in total. The van der Waals surface area contributed by atoms with E-state index >= 15 is 0 Å². The van der Waals surface area contributed by atoms with Gasteiger partial charge in [0.1, 0.15) is 11.5 Å². The molecular weight excluding hydrogens is 308 g/mol. The van der Waals surface area contributed by atoms with Crippen molar-refractivity contribution in [2.24, 2.45) is 0 Å². The maximum atomic E-state index is 6.26. The third-order valence-corrected chi connectivity index (χ3v) is 5.27. The van der Waals surface area contributed by atoms with Gasteiger partial charge in [0.15, 0.2) is 0 Å². The molecule has 0 aromatic heterocycles. The summed E-state index contributed by atoms with van der Waals surface area (Å²) in [6.45, 7) is 0.951. The Labute approximate surface area is 151 Å². The molecule has 134 valence electrons. The molecule has 25 heavy (non-hydrogen) atoms. The quantitative estimate of drug-likeness (QED) is 0.780. The largest absolute Gasteiger partial charge is 0.457 e. The van der Waals surface area contributed by atoms with Crippen LogP contribution < -0.4 is 15.4 Å². The monoisotopic (exact) mass is 338 g/mol. The Bertz CT molecular complexity index is 671. The molecule has 3 heteroatoms. The van der Waals surface area contributed by atoms with Crippen molar-refractivity contribution in [2.75, 3.05) is 20.6 Å². The van der Waals surface area contributed by atoms with Crippen LogP contribution in [0.3, 0.4) is 0 Å². The minimum atomic E-state index is 0.576. The predicted octanol–water partition coefficient (Wildman–Crippen LogP) is 4.49. The predicted molar refractivity (Wildman–Crippen MR) is 105 cm³/mol. The Morgan fingerprint density at radius 3 is 2.68 bits per heavy atom. The van der Waals surface area contributed by atoms with Gasteiger partial charge in [-0.2, -0.15) is 0 Å². The summed E-state index contributed by atoms with van der Waals surface area (Å²) in [5.74, 6) is 2.49. The van der Waals surface area contributed by atoms with Crippen molar-refractivity contribution in [3.63, 3.8) is 0 Å². The summed E-state index contributed by atoms with van der Waals surface area (Å²) in [5, 5.41) is 6.71. The SMILES string of the molecule is CNCCc1ccccc1Oc1cccc(C2CCCCC2NC)c1. The first-order chi connectivity index (χ1) is 12.3. The molecule has 3 nitrogen and oxygen atoms in total. The topological polar surface area (TPSA) is 33.3 Å². The lowest BCUT2D eigenvalue weighted by Crippen LogP contribution is -2.34. The number of nitrogens with one attached hydrogen (secondary N) is 2. The maximum Gasteiger partial charge on any atom is 0.130 e. The zero-order valence-corrected chi connectivity index (χ0v) is 15.4. The Morgan fingerprint density at radius 1 is 1.00 bits per heavy atom. The van der Waals surface area contributed by atoms with Crippen molar-refractivity contribution in [3.8, 4) is 11.5 Å². The van der Waals surface area contributed by atoms with E-state index in [1.807, 2.05) is 13.1 Å². The molecule has 3 rings (SSSR count). The normalized spacial score (nSPS) is 20.4. The summed E-state index contributed by atoms with van der Waals surface area (Å²) < 4.78 is 6.26. The van der Waals surface area contributed by atoms with Crippen LogP contribution in [0.15, 0.2) is 48.5 Å². The molecular formula is C22H30N2O. The van der Waals surface area contributed by atoms with E-state index in [1.165, 1.54) is 36.8 Å². The maximum absolute atomic E-state index is 6.26. The van der Waals surface area contributed by atoms with Crippen LogP contribution in [0.25, 0.3) is 0 Å². The highest BCUT2D eigenvalue weighted by molar-refractivity contribution is 5.40. The van der Waals surface area contributed by atoms with Crippen molar-refractivity contribution in [2.45, 2.75) is 44.1 Å². The van der Waals surface area contributed by atoms with Crippen molar-refractivity contribution in [3.05, 3.63) is 59.7 Å². The molecule has 0 heterocycles. The summed E-state index contributed by atoms with van der Waals surface area (Å²) in [7, 11) is 4.07. The fourth-order valence-corrected chi connectivity index (χ4v) is 3.88. The lowest BCUT2D eigenvalue weighted by molar-refractivity contribution is 0.343. The van der Waals surface area contributed by atoms with Crippen LogP contribution in [0.1, 0.15) is 42.7 Å². The fraction of sp³-hybridized carbons (Fsp3) is 0.455. The molecule has 1 aliphatic carbocycles. The van der Waals surface area contributed by atoms with Crippen LogP contribution in [0.4, 0.5) is 0 Å². The standard InChI is InChI=1S/C22H30N2O/c1-23-15-14-17-8-3-6-13-22(17)25-19-10-7-9-18(16-19)20-11-4-5-12-21(20)24-2/h3,6-10,13,16,20-21,23-24H,4-5,11-12,14-15H2,1-2H3. The minimum Gasteiger partial charge on any atom is -0.457 e. The zero-order chi connectivity index (χ0) is 17.5. The first kappa shape index (κ1) is 18.0. The van der Waals surface area contributed by atoms with E-state index in [0.29, 0.717) is 12.0 Å². The van der Waals surface area contributed by atoms with Gasteiger partial charge in [-0.05, 0) is 75.1 Å². The molecule has 2 unspecified atom stereocenters. The highest BCUT2D eigenvalue weighted by Crippen LogP contribution is 2.35. The van der Waals surface area contributed by atoms with Gasteiger partial charge in [-0.25, -0.2) is 0 Å². The van der Waals surface area contributed by atoms with Crippen LogP contribution in [-0.4, -0.2) is 26.7 Å². The molecule has 2 aromatic rings. The van der Waals surface area contributed by atoms with Gasteiger partial charge in [0, 0.05) is 6.04 Å². The molecule has 2 aromatic carbocycles. The van der Waals surface area contributed by atoms with Gasteiger partial charge in [-0.15, -0.1) is 0 Å². The molecule has 0 bridgehead atoms. The van der Waals surface area contributed by atoms with Crippen LogP contribution in [-0.2, 0) is 6.42 Å². The van der Waals surface area contributed by atoms with Gasteiger partial charge in [0.2, 0.25) is 0 Å². The molecule has 0 spiro atoms. The van der Waals surface area contributed by atoms with Gasteiger partial charge in [-0.1, -0.05) is 43.2 Å². The Morgan fingerprint density at radius 2 is 1.84 bits per heavy atom. The summed E-state index contributed by atoms with van der Waals surface area (Å²) in [5.41, 5.74) is 2.64. The first-order valence-corrected chi connectivity index (χ1v) is 9.49. The molecule has 0 saturated heterocycles. The number of rotatable bonds is 7. The minimum absolute atomic E-state index is 0.576. The van der Waals surface area contributed by atoms with E-state index in [1.54, 1.807) is 0 Å². The molecule has 0 radical (unpaired) electrons. The smallest absolute Gasteiger partial charge is 0.130 e. The van der Waals surface area contributed by atoms with Gasteiger partial charge in [-0.3, -0.25) is 0 Å². The average molecular weight is 338 g/mol. The number of hydrogen-bond donors (Lipinski definition) is 2. The average Bonchev–Trinajstić information content (AvgIpc) is 2.67. The van der Waals surface area contributed by atoms with E-state index in [-0.39, 0.29) is 0 Å². The number of benzene rings is 2. The first-order valence-electron chi connectivity index (χ1n) is 9.49. The Hall–Kier alpha value is -1.84. The Kier molecular flexibility index (Phi) is 6.48. The molecule has 2 atom stereocenters. The number of hydrogen-bond acceptors (Lipinski definition) is 3. The van der Waals surface area contributed by atoms with E-state index < -0.39 is 0 Å². The van der Waals surface area contributed by atoms with E-state index in [9.17, 15) is 0 Å².